The summed E-state index contributed by atoms with van der Waals surface area (Å²) in [6.07, 6.45) is 2.19. The van der Waals surface area contributed by atoms with Crippen LogP contribution in [0.25, 0.3) is 10.8 Å². The van der Waals surface area contributed by atoms with Gasteiger partial charge in [-0.2, -0.15) is 0 Å². The number of hydrogen-bond donors (Lipinski definition) is 1. The van der Waals surface area contributed by atoms with E-state index in [0.717, 1.165) is 5.39 Å². The fourth-order valence-corrected chi connectivity index (χ4v) is 1.33. The minimum absolute atomic E-state index is 0.0905. The van der Waals surface area contributed by atoms with Crippen LogP contribution in [0.1, 0.15) is 10.5 Å². The molecule has 13 heavy (non-hydrogen) atoms. The molecule has 2 aromatic rings. The molecular formula is C10H7NO2. The number of phenolic OH excluding ortho intramolecular Hbond substituents is 1. The summed E-state index contributed by atoms with van der Waals surface area (Å²) >= 11 is 0. The van der Waals surface area contributed by atoms with Crippen molar-refractivity contribution < 1.29 is 9.90 Å². The molecule has 0 aliphatic heterocycles. The van der Waals surface area contributed by atoms with Crippen molar-refractivity contribution in [3.8, 4) is 5.75 Å². The lowest BCUT2D eigenvalue weighted by Gasteiger charge is -2.01. The van der Waals surface area contributed by atoms with Gasteiger partial charge in [-0.25, -0.2) is 0 Å². The molecule has 1 N–H and O–H groups in total. The number of hydrogen-bond acceptors (Lipinski definition) is 3. The van der Waals surface area contributed by atoms with Gasteiger partial charge in [0.2, 0.25) is 0 Å². The van der Waals surface area contributed by atoms with Gasteiger partial charge in [0.05, 0.1) is 5.39 Å². The summed E-state index contributed by atoms with van der Waals surface area (Å²) < 4.78 is 0. The number of carbonyl (C=O) groups is 1. The first kappa shape index (κ1) is 7.73. The van der Waals surface area contributed by atoms with Gasteiger partial charge in [-0.1, -0.05) is 12.1 Å². The van der Waals surface area contributed by atoms with Crippen LogP contribution in [0.15, 0.2) is 30.5 Å². The summed E-state index contributed by atoms with van der Waals surface area (Å²) in [6, 6.07) is 6.84. The number of nitrogens with zero attached hydrogens (tertiary/aromatic N) is 1. The first-order chi connectivity index (χ1) is 6.33. The van der Waals surface area contributed by atoms with Crippen molar-refractivity contribution >= 4 is 17.1 Å². The fraction of sp³-hybridized carbons (Fsp3) is 0. The van der Waals surface area contributed by atoms with E-state index in [1.807, 2.05) is 6.07 Å². The molecule has 0 aliphatic carbocycles. The van der Waals surface area contributed by atoms with Gasteiger partial charge in [0.15, 0.2) is 6.29 Å². The molecule has 0 unspecified atom stereocenters. The van der Waals surface area contributed by atoms with E-state index in [0.29, 0.717) is 11.7 Å². The van der Waals surface area contributed by atoms with Crippen molar-refractivity contribution in [3.63, 3.8) is 0 Å². The molecule has 1 aromatic heterocycles. The van der Waals surface area contributed by atoms with Crippen molar-refractivity contribution in [2.45, 2.75) is 0 Å². The lowest BCUT2D eigenvalue weighted by Crippen LogP contribution is -1.88. The number of benzene rings is 1. The van der Waals surface area contributed by atoms with Gasteiger partial charge in [0, 0.05) is 6.20 Å². The SMILES string of the molecule is O=Cc1nccc2cccc(O)c12. The highest BCUT2D eigenvalue weighted by atomic mass is 16.3. The van der Waals surface area contributed by atoms with E-state index in [9.17, 15) is 9.90 Å². The summed E-state index contributed by atoms with van der Waals surface area (Å²) in [5.41, 5.74) is 0.274. The van der Waals surface area contributed by atoms with Gasteiger partial charge in [-0.15, -0.1) is 0 Å². The van der Waals surface area contributed by atoms with Crippen LogP contribution in [-0.4, -0.2) is 16.4 Å². The first-order valence-electron chi connectivity index (χ1n) is 3.85. The number of aromatic nitrogens is 1. The van der Waals surface area contributed by atoms with Gasteiger partial charge in [-0.3, -0.25) is 9.78 Å². The molecule has 0 saturated carbocycles. The standard InChI is InChI=1S/C10H7NO2/c12-6-8-10-7(4-5-11-8)2-1-3-9(10)13/h1-6,13H. The molecular weight excluding hydrogens is 166 g/mol. The second-order valence-electron chi connectivity index (χ2n) is 2.69. The third kappa shape index (κ3) is 1.14. The van der Waals surface area contributed by atoms with Gasteiger partial charge < -0.3 is 5.11 Å². The fourth-order valence-electron chi connectivity index (χ4n) is 1.33. The molecule has 0 atom stereocenters. The van der Waals surface area contributed by atoms with Crippen LogP contribution in [0.3, 0.4) is 0 Å². The highest BCUT2D eigenvalue weighted by Gasteiger charge is 2.04. The van der Waals surface area contributed by atoms with Gasteiger partial charge in [0.25, 0.3) is 0 Å². The number of aldehydes is 1. The second-order valence-corrected chi connectivity index (χ2v) is 2.69. The molecule has 64 valence electrons. The zero-order chi connectivity index (χ0) is 9.26. The maximum atomic E-state index is 10.6. The number of carbonyl (C=O) groups excluding carboxylic acids is 1. The van der Waals surface area contributed by atoms with E-state index in [1.54, 1.807) is 18.3 Å². The monoisotopic (exact) mass is 173 g/mol. The van der Waals surface area contributed by atoms with Crippen LogP contribution in [-0.2, 0) is 0 Å². The molecule has 1 heterocycles. The summed E-state index contributed by atoms with van der Waals surface area (Å²) in [5.74, 6) is 0.0905. The van der Waals surface area contributed by atoms with E-state index in [4.69, 9.17) is 0 Å². The van der Waals surface area contributed by atoms with E-state index >= 15 is 0 Å². The minimum atomic E-state index is 0.0905. The second kappa shape index (κ2) is 2.86. The molecule has 2 rings (SSSR count). The van der Waals surface area contributed by atoms with Crippen molar-refractivity contribution in [2.24, 2.45) is 0 Å². The Balaban J connectivity index is 2.94. The molecule has 3 heteroatoms. The molecule has 0 fully saturated rings. The number of rotatable bonds is 1. The van der Waals surface area contributed by atoms with Crippen LogP contribution in [0, 0.1) is 0 Å². The first-order valence-corrected chi connectivity index (χ1v) is 3.85. The average molecular weight is 173 g/mol. The van der Waals surface area contributed by atoms with E-state index in [1.165, 1.54) is 6.07 Å². The van der Waals surface area contributed by atoms with Crippen LogP contribution >= 0.6 is 0 Å². The molecule has 1 aromatic carbocycles. The Labute approximate surface area is 74.7 Å². The Bertz CT molecular complexity index is 460. The molecule has 0 spiro atoms. The average Bonchev–Trinajstić information content (AvgIpc) is 2.17. The Morgan fingerprint density at radius 1 is 1.31 bits per heavy atom. The quantitative estimate of drug-likeness (QED) is 0.668. The third-order valence-electron chi connectivity index (χ3n) is 1.91. The third-order valence-corrected chi connectivity index (χ3v) is 1.91. The van der Waals surface area contributed by atoms with Crippen molar-refractivity contribution in [3.05, 3.63) is 36.2 Å². The molecule has 0 radical (unpaired) electrons. The van der Waals surface area contributed by atoms with Crippen molar-refractivity contribution in [2.75, 3.05) is 0 Å². The smallest absolute Gasteiger partial charge is 0.169 e. The largest absolute Gasteiger partial charge is 0.507 e. The minimum Gasteiger partial charge on any atom is -0.507 e. The van der Waals surface area contributed by atoms with Gasteiger partial charge in [0.1, 0.15) is 11.4 Å². The Hall–Kier alpha value is -1.90. The topological polar surface area (TPSA) is 50.2 Å². The number of fused-ring (bicyclic) bond motifs is 1. The van der Waals surface area contributed by atoms with Crippen molar-refractivity contribution in [1.82, 2.24) is 4.98 Å². The van der Waals surface area contributed by atoms with Gasteiger partial charge >= 0.3 is 0 Å². The zero-order valence-corrected chi connectivity index (χ0v) is 6.77. The lowest BCUT2D eigenvalue weighted by atomic mass is 10.1. The van der Waals surface area contributed by atoms with Gasteiger partial charge in [-0.05, 0) is 17.5 Å². The van der Waals surface area contributed by atoms with E-state index < -0.39 is 0 Å². The van der Waals surface area contributed by atoms with Crippen LogP contribution in [0.4, 0.5) is 0 Å². The van der Waals surface area contributed by atoms with E-state index in [2.05, 4.69) is 4.98 Å². The Morgan fingerprint density at radius 2 is 2.15 bits per heavy atom. The van der Waals surface area contributed by atoms with E-state index in [-0.39, 0.29) is 11.4 Å². The predicted molar refractivity (Wildman–Crippen MR) is 48.8 cm³/mol. The normalized spacial score (nSPS) is 10.2. The molecule has 0 bridgehead atoms. The Kier molecular flexibility index (Phi) is 1.70. The number of pyridine rings is 1. The van der Waals surface area contributed by atoms with Crippen LogP contribution in [0.2, 0.25) is 0 Å². The lowest BCUT2D eigenvalue weighted by molar-refractivity contribution is 0.112. The molecule has 0 saturated heterocycles. The van der Waals surface area contributed by atoms with Crippen molar-refractivity contribution in [1.29, 1.82) is 0 Å². The maximum Gasteiger partial charge on any atom is 0.169 e. The summed E-state index contributed by atoms with van der Waals surface area (Å²) in [4.78, 5) is 14.5. The molecule has 0 amide bonds. The summed E-state index contributed by atoms with van der Waals surface area (Å²) in [6.45, 7) is 0. The highest BCUT2D eigenvalue weighted by molar-refractivity contribution is 5.99. The number of aromatic hydroxyl groups is 1. The maximum absolute atomic E-state index is 10.6. The summed E-state index contributed by atoms with van der Waals surface area (Å²) in [5, 5.41) is 10.8. The Morgan fingerprint density at radius 3 is 2.92 bits per heavy atom. The van der Waals surface area contributed by atoms with Crippen LogP contribution in [0.5, 0.6) is 5.75 Å². The predicted octanol–water partition coefficient (Wildman–Crippen LogP) is 1.75. The zero-order valence-electron chi connectivity index (χ0n) is 6.77. The summed E-state index contributed by atoms with van der Waals surface area (Å²) in [7, 11) is 0. The molecule has 0 aliphatic rings. The number of phenols is 1. The highest BCUT2D eigenvalue weighted by Crippen LogP contribution is 2.25. The van der Waals surface area contributed by atoms with Crippen LogP contribution < -0.4 is 0 Å². The molecule has 3 nitrogen and oxygen atoms in total.